The number of anilines is 1. The van der Waals surface area contributed by atoms with Gasteiger partial charge in [0, 0.05) is 11.1 Å². The van der Waals surface area contributed by atoms with Gasteiger partial charge in [-0.3, -0.25) is 0 Å². The van der Waals surface area contributed by atoms with Crippen LogP contribution in [0.5, 0.6) is 5.75 Å². The van der Waals surface area contributed by atoms with Crippen molar-refractivity contribution in [2.45, 2.75) is 45.3 Å². The van der Waals surface area contributed by atoms with E-state index in [0.29, 0.717) is 21.1 Å². The van der Waals surface area contributed by atoms with Crippen molar-refractivity contribution >= 4 is 33.2 Å². The number of benzene rings is 1. The molecule has 1 fully saturated rings. The van der Waals surface area contributed by atoms with Crippen molar-refractivity contribution in [1.29, 1.82) is 0 Å². The van der Waals surface area contributed by atoms with Gasteiger partial charge in [0.2, 0.25) is 0 Å². The summed E-state index contributed by atoms with van der Waals surface area (Å²) in [4.78, 5) is 0. The first-order valence-corrected chi connectivity index (χ1v) is 7.88. The summed E-state index contributed by atoms with van der Waals surface area (Å²) in [5.41, 5.74) is 0.523. The van der Waals surface area contributed by atoms with Gasteiger partial charge in [0.15, 0.2) is 5.75 Å². The van der Waals surface area contributed by atoms with E-state index in [1.807, 2.05) is 0 Å². The first-order chi connectivity index (χ1) is 9.51. The number of alkyl halides is 2. The molecule has 20 heavy (non-hydrogen) atoms. The highest BCUT2D eigenvalue weighted by Gasteiger charge is 2.27. The van der Waals surface area contributed by atoms with E-state index in [1.165, 1.54) is 6.42 Å². The third-order valence-electron chi connectivity index (χ3n) is 3.74. The van der Waals surface area contributed by atoms with Crippen LogP contribution in [0.15, 0.2) is 16.6 Å². The molecule has 2 atom stereocenters. The summed E-state index contributed by atoms with van der Waals surface area (Å²) in [6.07, 6.45) is 4.44. The maximum absolute atomic E-state index is 12.5. The summed E-state index contributed by atoms with van der Waals surface area (Å²) in [5.74, 6) is 0.679. The van der Waals surface area contributed by atoms with Gasteiger partial charge in [0.1, 0.15) is 0 Å². The minimum atomic E-state index is -2.86. The lowest BCUT2D eigenvalue weighted by Gasteiger charge is -2.23. The van der Waals surface area contributed by atoms with Crippen molar-refractivity contribution in [1.82, 2.24) is 0 Å². The number of hydrogen-bond acceptors (Lipinski definition) is 2. The highest BCUT2D eigenvalue weighted by atomic mass is 79.9. The molecule has 0 saturated heterocycles. The third kappa shape index (κ3) is 3.76. The van der Waals surface area contributed by atoms with Gasteiger partial charge in [0.25, 0.3) is 0 Å². The maximum atomic E-state index is 12.5. The van der Waals surface area contributed by atoms with Crippen LogP contribution in [-0.4, -0.2) is 12.7 Å². The topological polar surface area (TPSA) is 21.3 Å². The number of rotatable bonds is 5. The second-order valence-electron chi connectivity index (χ2n) is 4.99. The first kappa shape index (κ1) is 15.8. The molecule has 1 N–H and O–H groups in total. The van der Waals surface area contributed by atoms with Gasteiger partial charge >= 0.3 is 6.61 Å². The minimum absolute atomic E-state index is 0.117. The monoisotopic (exact) mass is 367 g/mol. The smallest absolute Gasteiger partial charge is 0.387 e. The fourth-order valence-corrected chi connectivity index (χ4v) is 3.70. The molecule has 0 spiro atoms. The van der Waals surface area contributed by atoms with Crippen LogP contribution in [0.25, 0.3) is 0 Å². The lowest BCUT2D eigenvalue weighted by atomic mass is 10.0. The van der Waals surface area contributed by atoms with Gasteiger partial charge in [-0.15, -0.1) is 0 Å². The highest BCUT2D eigenvalue weighted by Crippen LogP contribution is 2.40. The van der Waals surface area contributed by atoms with E-state index in [1.54, 1.807) is 12.1 Å². The molecule has 112 valence electrons. The number of ether oxygens (including phenoxy) is 1. The molecule has 0 heterocycles. The molecule has 1 aromatic rings. The van der Waals surface area contributed by atoms with Crippen molar-refractivity contribution in [3.05, 3.63) is 21.6 Å². The molecule has 6 heteroatoms. The molecule has 0 bridgehead atoms. The van der Waals surface area contributed by atoms with Crippen LogP contribution in [0.3, 0.4) is 0 Å². The molecular formula is C14H17BrClF2NO. The van der Waals surface area contributed by atoms with Crippen LogP contribution in [0.1, 0.15) is 32.6 Å². The Hall–Kier alpha value is -0.550. The molecule has 1 aliphatic carbocycles. The predicted molar refractivity (Wildman–Crippen MR) is 80.8 cm³/mol. The largest absolute Gasteiger partial charge is 0.431 e. The van der Waals surface area contributed by atoms with Gasteiger partial charge < -0.3 is 10.1 Å². The third-order valence-corrected chi connectivity index (χ3v) is 4.55. The predicted octanol–water partition coefficient (Wildman–Crippen LogP) is 5.69. The van der Waals surface area contributed by atoms with Crippen molar-refractivity contribution in [2.75, 3.05) is 5.32 Å². The molecule has 0 amide bonds. The quantitative estimate of drug-likeness (QED) is 0.720. The van der Waals surface area contributed by atoms with E-state index in [-0.39, 0.29) is 11.8 Å². The molecule has 0 radical (unpaired) electrons. The number of hydrogen-bond donors (Lipinski definition) is 1. The van der Waals surface area contributed by atoms with Crippen molar-refractivity contribution in [3.8, 4) is 5.75 Å². The summed E-state index contributed by atoms with van der Waals surface area (Å²) < 4.78 is 30.1. The summed E-state index contributed by atoms with van der Waals surface area (Å²) in [6.45, 7) is -0.714. The van der Waals surface area contributed by atoms with E-state index in [0.717, 1.165) is 19.3 Å². The number of nitrogens with one attached hydrogen (secondary N) is 1. The second-order valence-corrected chi connectivity index (χ2v) is 6.28. The van der Waals surface area contributed by atoms with Gasteiger partial charge in [-0.2, -0.15) is 8.78 Å². The Labute approximate surface area is 131 Å². The normalized spacial score (nSPS) is 22.3. The molecule has 2 unspecified atom stereocenters. The van der Waals surface area contributed by atoms with E-state index < -0.39 is 6.61 Å². The summed E-state index contributed by atoms with van der Waals surface area (Å²) in [6, 6.07) is 3.47. The Bertz CT molecular complexity index is 473. The maximum Gasteiger partial charge on any atom is 0.387 e. The van der Waals surface area contributed by atoms with E-state index >= 15 is 0 Å². The van der Waals surface area contributed by atoms with E-state index in [9.17, 15) is 8.78 Å². The molecule has 1 saturated carbocycles. The van der Waals surface area contributed by atoms with Crippen molar-refractivity contribution in [3.63, 3.8) is 0 Å². The zero-order valence-corrected chi connectivity index (χ0v) is 13.5. The Morgan fingerprint density at radius 1 is 1.45 bits per heavy atom. The van der Waals surface area contributed by atoms with Gasteiger partial charge in [-0.05, 0) is 46.8 Å². The molecular weight excluding hydrogens is 352 g/mol. The summed E-state index contributed by atoms with van der Waals surface area (Å²) >= 11 is 9.23. The average Bonchev–Trinajstić information content (AvgIpc) is 2.80. The van der Waals surface area contributed by atoms with Crippen LogP contribution in [0.2, 0.25) is 5.02 Å². The van der Waals surface area contributed by atoms with E-state index in [2.05, 4.69) is 32.9 Å². The SMILES string of the molecule is CCC1CCCC1Nc1cc(Cl)cc(Br)c1OC(F)F. The van der Waals surface area contributed by atoms with Crippen LogP contribution in [0, 0.1) is 5.92 Å². The lowest BCUT2D eigenvalue weighted by Crippen LogP contribution is -2.24. The zero-order valence-electron chi connectivity index (χ0n) is 11.1. The molecule has 2 nitrogen and oxygen atoms in total. The number of halogens is 4. The minimum Gasteiger partial charge on any atom is -0.431 e. The molecule has 1 aromatic carbocycles. The summed E-state index contributed by atoms with van der Waals surface area (Å²) in [7, 11) is 0. The Balaban J connectivity index is 2.25. The summed E-state index contributed by atoms with van der Waals surface area (Å²) in [5, 5.41) is 3.80. The fourth-order valence-electron chi connectivity index (χ4n) is 2.79. The van der Waals surface area contributed by atoms with Crippen LogP contribution >= 0.6 is 27.5 Å². The lowest BCUT2D eigenvalue weighted by molar-refractivity contribution is -0.0499. The van der Waals surface area contributed by atoms with Gasteiger partial charge in [-0.1, -0.05) is 31.4 Å². The Morgan fingerprint density at radius 3 is 2.85 bits per heavy atom. The Kier molecular flexibility index (Phi) is 5.49. The average molecular weight is 369 g/mol. The van der Waals surface area contributed by atoms with Crippen LogP contribution < -0.4 is 10.1 Å². The highest BCUT2D eigenvalue weighted by molar-refractivity contribution is 9.10. The first-order valence-electron chi connectivity index (χ1n) is 6.71. The molecule has 0 aromatic heterocycles. The molecule has 1 aliphatic rings. The Morgan fingerprint density at radius 2 is 2.20 bits per heavy atom. The van der Waals surface area contributed by atoms with Gasteiger partial charge in [0.05, 0.1) is 10.2 Å². The fraction of sp³-hybridized carbons (Fsp3) is 0.571. The van der Waals surface area contributed by atoms with Gasteiger partial charge in [-0.25, -0.2) is 0 Å². The zero-order chi connectivity index (χ0) is 14.7. The standard InChI is InChI=1S/C14H17BrClF2NO/c1-2-8-4-3-5-11(8)19-12-7-9(16)6-10(15)13(12)20-14(17)18/h6-8,11,14,19H,2-5H2,1H3. The molecule has 2 rings (SSSR count). The molecule has 0 aliphatic heterocycles. The second kappa shape index (κ2) is 6.94. The van der Waals surface area contributed by atoms with E-state index in [4.69, 9.17) is 11.6 Å². The van der Waals surface area contributed by atoms with Crippen LogP contribution in [-0.2, 0) is 0 Å². The van der Waals surface area contributed by atoms with Crippen molar-refractivity contribution < 1.29 is 13.5 Å². The van der Waals surface area contributed by atoms with Crippen LogP contribution in [0.4, 0.5) is 14.5 Å². The van der Waals surface area contributed by atoms with Crippen molar-refractivity contribution in [2.24, 2.45) is 5.92 Å².